The van der Waals surface area contributed by atoms with Gasteiger partial charge in [-0.1, -0.05) is 41.0 Å². The summed E-state index contributed by atoms with van der Waals surface area (Å²) in [6.45, 7) is 14.4. The van der Waals surface area contributed by atoms with Crippen LogP contribution in [0.15, 0.2) is 0 Å². The molecule has 2 heteroatoms. The lowest BCUT2D eigenvalue weighted by molar-refractivity contribution is 0.0764. The van der Waals surface area contributed by atoms with E-state index in [2.05, 4.69) is 39.5 Å². The summed E-state index contributed by atoms with van der Waals surface area (Å²) in [7, 11) is 0. The van der Waals surface area contributed by atoms with Crippen LogP contribution in [0.1, 0.15) is 53.9 Å². The highest BCUT2D eigenvalue weighted by Gasteiger charge is 2.32. The molecule has 0 radical (unpaired) electrons. The summed E-state index contributed by atoms with van der Waals surface area (Å²) in [6.07, 6.45) is 3.65. The Morgan fingerprint density at radius 3 is 1.93 bits per heavy atom. The predicted octanol–water partition coefficient (Wildman–Crippen LogP) is 2.87. The molecule has 0 spiro atoms. The zero-order valence-corrected chi connectivity index (χ0v) is 11.3. The summed E-state index contributed by atoms with van der Waals surface area (Å²) >= 11 is 0. The van der Waals surface area contributed by atoms with Crippen molar-refractivity contribution in [3.05, 3.63) is 0 Å². The summed E-state index contributed by atoms with van der Waals surface area (Å²) < 4.78 is 0. The van der Waals surface area contributed by atoms with Crippen LogP contribution in [0.3, 0.4) is 0 Å². The van der Waals surface area contributed by atoms with E-state index < -0.39 is 0 Å². The monoisotopic (exact) mass is 214 g/mol. The van der Waals surface area contributed by atoms with E-state index in [-0.39, 0.29) is 5.54 Å². The quantitative estimate of drug-likeness (QED) is 0.673. The fourth-order valence-electron chi connectivity index (χ4n) is 2.54. The average Bonchev–Trinajstić information content (AvgIpc) is 2.28. The van der Waals surface area contributed by atoms with Crippen molar-refractivity contribution in [2.24, 2.45) is 11.7 Å². The van der Waals surface area contributed by atoms with Crippen LogP contribution in [0.2, 0.25) is 0 Å². The van der Waals surface area contributed by atoms with E-state index in [1.165, 1.54) is 12.8 Å². The minimum absolute atomic E-state index is 0.235. The number of hydrogen-bond donors (Lipinski definition) is 1. The first kappa shape index (κ1) is 14.9. The predicted molar refractivity (Wildman–Crippen MR) is 69.1 cm³/mol. The summed E-state index contributed by atoms with van der Waals surface area (Å²) in [5.74, 6) is 0.772. The molecule has 0 aromatic rings. The Morgan fingerprint density at radius 1 is 1.13 bits per heavy atom. The van der Waals surface area contributed by atoms with Crippen LogP contribution in [0, 0.1) is 5.92 Å². The molecule has 0 amide bonds. The zero-order chi connectivity index (χ0) is 11.9. The molecular weight excluding hydrogens is 184 g/mol. The van der Waals surface area contributed by atoms with E-state index in [4.69, 9.17) is 5.73 Å². The van der Waals surface area contributed by atoms with Crippen molar-refractivity contribution in [2.45, 2.75) is 59.4 Å². The highest BCUT2D eigenvalue weighted by molar-refractivity contribution is 4.91. The molecule has 92 valence electrons. The van der Waals surface area contributed by atoms with Gasteiger partial charge in [0.05, 0.1) is 0 Å². The van der Waals surface area contributed by atoms with E-state index in [0.29, 0.717) is 0 Å². The molecule has 0 aliphatic rings. The highest BCUT2D eigenvalue weighted by Crippen LogP contribution is 2.28. The molecule has 0 aliphatic carbocycles. The SMILES string of the molecule is CCC(C)CC(CC)(CN)N(CC)CC. The normalized spacial score (nSPS) is 17.8. The fraction of sp³-hybridized carbons (Fsp3) is 1.00. The number of likely N-dealkylation sites (N-methyl/N-ethyl adjacent to an activating group) is 1. The van der Waals surface area contributed by atoms with Crippen molar-refractivity contribution in [2.75, 3.05) is 19.6 Å². The third kappa shape index (κ3) is 3.76. The first-order valence-electron chi connectivity index (χ1n) is 6.55. The molecule has 2 atom stereocenters. The van der Waals surface area contributed by atoms with Crippen molar-refractivity contribution in [1.29, 1.82) is 0 Å². The lowest BCUT2D eigenvalue weighted by atomic mass is 9.83. The molecule has 0 aromatic carbocycles. The van der Waals surface area contributed by atoms with E-state index in [0.717, 1.165) is 32.0 Å². The van der Waals surface area contributed by atoms with Crippen molar-refractivity contribution in [3.8, 4) is 0 Å². The Labute approximate surface area is 96.2 Å². The van der Waals surface area contributed by atoms with Gasteiger partial charge in [-0.2, -0.15) is 0 Å². The molecule has 0 fully saturated rings. The lowest BCUT2D eigenvalue weighted by Crippen LogP contribution is -2.54. The summed E-state index contributed by atoms with van der Waals surface area (Å²) in [5, 5.41) is 0. The molecular formula is C13H30N2. The third-order valence-corrected chi connectivity index (χ3v) is 3.90. The molecule has 15 heavy (non-hydrogen) atoms. The van der Waals surface area contributed by atoms with Crippen LogP contribution in [-0.2, 0) is 0 Å². The highest BCUT2D eigenvalue weighted by atomic mass is 15.2. The first-order chi connectivity index (χ1) is 7.10. The lowest BCUT2D eigenvalue weighted by Gasteiger charge is -2.43. The van der Waals surface area contributed by atoms with Gasteiger partial charge < -0.3 is 5.73 Å². The van der Waals surface area contributed by atoms with Gasteiger partial charge in [0.2, 0.25) is 0 Å². The van der Waals surface area contributed by atoms with Crippen LogP contribution in [0.25, 0.3) is 0 Å². The second-order valence-corrected chi connectivity index (χ2v) is 4.67. The minimum Gasteiger partial charge on any atom is -0.329 e. The number of hydrogen-bond acceptors (Lipinski definition) is 2. The van der Waals surface area contributed by atoms with E-state index in [9.17, 15) is 0 Å². The molecule has 0 saturated heterocycles. The van der Waals surface area contributed by atoms with Gasteiger partial charge in [0.15, 0.2) is 0 Å². The standard InChI is InChI=1S/C13H30N2/c1-6-12(5)10-13(7-2,11-14)15(8-3)9-4/h12H,6-11,14H2,1-5H3. The maximum atomic E-state index is 6.03. The molecule has 0 bridgehead atoms. The fourth-order valence-corrected chi connectivity index (χ4v) is 2.54. The number of rotatable bonds is 8. The van der Waals surface area contributed by atoms with Crippen LogP contribution in [0.4, 0.5) is 0 Å². The van der Waals surface area contributed by atoms with Crippen molar-refractivity contribution < 1.29 is 0 Å². The average molecular weight is 214 g/mol. The summed E-state index contributed by atoms with van der Waals surface area (Å²) in [5.41, 5.74) is 6.27. The smallest absolute Gasteiger partial charge is 0.0331 e. The third-order valence-electron chi connectivity index (χ3n) is 3.90. The van der Waals surface area contributed by atoms with Gasteiger partial charge in [-0.15, -0.1) is 0 Å². The summed E-state index contributed by atoms with van der Waals surface area (Å²) in [6, 6.07) is 0. The van der Waals surface area contributed by atoms with Crippen LogP contribution >= 0.6 is 0 Å². The number of nitrogens with zero attached hydrogens (tertiary/aromatic N) is 1. The van der Waals surface area contributed by atoms with Gasteiger partial charge in [-0.05, 0) is 31.8 Å². The minimum atomic E-state index is 0.235. The Balaban J connectivity index is 4.68. The second-order valence-electron chi connectivity index (χ2n) is 4.67. The maximum Gasteiger partial charge on any atom is 0.0331 e. The molecule has 0 heterocycles. The van der Waals surface area contributed by atoms with Crippen molar-refractivity contribution >= 4 is 0 Å². The molecule has 2 nitrogen and oxygen atoms in total. The van der Waals surface area contributed by atoms with Crippen LogP contribution < -0.4 is 5.73 Å². The van der Waals surface area contributed by atoms with Gasteiger partial charge in [0.25, 0.3) is 0 Å². The summed E-state index contributed by atoms with van der Waals surface area (Å²) in [4.78, 5) is 2.54. The maximum absolute atomic E-state index is 6.03. The van der Waals surface area contributed by atoms with Crippen molar-refractivity contribution in [3.63, 3.8) is 0 Å². The van der Waals surface area contributed by atoms with Gasteiger partial charge in [0.1, 0.15) is 0 Å². The number of nitrogens with two attached hydrogens (primary N) is 1. The Morgan fingerprint density at radius 2 is 1.67 bits per heavy atom. The largest absolute Gasteiger partial charge is 0.329 e. The molecule has 2 unspecified atom stereocenters. The second kappa shape index (κ2) is 7.24. The zero-order valence-electron chi connectivity index (χ0n) is 11.3. The van der Waals surface area contributed by atoms with Crippen molar-refractivity contribution in [1.82, 2.24) is 4.90 Å². The Kier molecular flexibility index (Phi) is 7.20. The van der Waals surface area contributed by atoms with Crippen LogP contribution in [-0.4, -0.2) is 30.1 Å². The van der Waals surface area contributed by atoms with E-state index in [1.807, 2.05) is 0 Å². The molecule has 2 N–H and O–H groups in total. The van der Waals surface area contributed by atoms with Crippen LogP contribution in [0.5, 0.6) is 0 Å². The topological polar surface area (TPSA) is 29.3 Å². The van der Waals surface area contributed by atoms with E-state index >= 15 is 0 Å². The van der Waals surface area contributed by atoms with Gasteiger partial charge in [-0.3, -0.25) is 4.90 Å². The first-order valence-corrected chi connectivity index (χ1v) is 6.55. The van der Waals surface area contributed by atoms with Gasteiger partial charge in [-0.25, -0.2) is 0 Å². The van der Waals surface area contributed by atoms with Gasteiger partial charge in [0, 0.05) is 12.1 Å². The van der Waals surface area contributed by atoms with Gasteiger partial charge >= 0.3 is 0 Å². The molecule has 0 saturated carbocycles. The molecule has 0 aromatic heterocycles. The molecule has 0 aliphatic heterocycles. The Hall–Kier alpha value is -0.0800. The van der Waals surface area contributed by atoms with E-state index in [1.54, 1.807) is 0 Å². The Bertz CT molecular complexity index is 149. The molecule has 0 rings (SSSR count).